The van der Waals surface area contributed by atoms with Crippen LogP contribution in [0.1, 0.15) is 25.7 Å². The third-order valence-corrected chi connectivity index (χ3v) is 4.13. The number of aromatic amines is 1. The van der Waals surface area contributed by atoms with Crippen molar-refractivity contribution in [2.24, 2.45) is 0 Å². The van der Waals surface area contributed by atoms with Crippen LogP contribution < -0.4 is 4.74 Å². The number of hydrogen-bond acceptors (Lipinski definition) is 4. The minimum Gasteiger partial charge on any atom is -0.497 e. The molecule has 1 aromatic heterocycles. The van der Waals surface area contributed by atoms with Gasteiger partial charge in [0.05, 0.1) is 38.3 Å². The van der Waals surface area contributed by atoms with Gasteiger partial charge in [0.1, 0.15) is 11.6 Å². The van der Waals surface area contributed by atoms with Crippen LogP contribution in [0.15, 0.2) is 30.5 Å². The van der Waals surface area contributed by atoms with Crippen LogP contribution in [0.25, 0.3) is 11.3 Å². The van der Waals surface area contributed by atoms with Gasteiger partial charge in [0.15, 0.2) is 0 Å². The van der Waals surface area contributed by atoms with Crippen LogP contribution in [-0.2, 0) is 4.74 Å². The predicted molar refractivity (Wildman–Crippen MR) is 86.0 cm³/mol. The molecule has 118 valence electrons. The van der Waals surface area contributed by atoms with E-state index in [2.05, 4.69) is 34.8 Å². The maximum absolute atomic E-state index is 5.65. The highest BCUT2D eigenvalue weighted by Crippen LogP contribution is 2.27. The van der Waals surface area contributed by atoms with Gasteiger partial charge < -0.3 is 14.5 Å². The second kappa shape index (κ2) is 6.50. The van der Waals surface area contributed by atoms with E-state index in [0.717, 1.165) is 36.0 Å². The zero-order valence-corrected chi connectivity index (χ0v) is 13.4. The summed E-state index contributed by atoms with van der Waals surface area (Å²) in [6.45, 7) is 6.84. The number of morpholine rings is 1. The van der Waals surface area contributed by atoms with E-state index in [1.807, 2.05) is 24.4 Å². The first kappa shape index (κ1) is 15.1. The smallest absolute Gasteiger partial charge is 0.126 e. The zero-order valence-electron chi connectivity index (χ0n) is 13.4. The van der Waals surface area contributed by atoms with Crippen molar-refractivity contribution in [2.45, 2.75) is 25.9 Å². The van der Waals surface area contributed by atoms with E-state index in [0.29, 0.717) is 12.6 Å². The Labute approximate surface area is 131 Å². The summed E-state index contributed by atoms with van der Waals surface area (Å²) in [6.07, 6.45) is 1.89. The van der Waals surface area contributed by atoms with Gasteiger partial charge in [-0.15, -0.1) is 0 Å². The van der Waals surface area contributed by atoms with Crippen molar-refractivity contribution in [3.05, 3.63) is 36.3 Å². The number of ether oxygens (including phenoxy) is 2. The average Bonchev–Trinajstić information content (AvgIpc) is 3.05. The number of H-pyrrole nitrogens is 1. The van der Waals surface area contributed by atoms with Crippen molar-refractivity contribution in [3.63, 3.8) is 0 Å². The highest BCUT2D eigenvalue weighted by molar-refractivity contribution is 5.60. The molecule has 22 heavy (non-hydrogen) atoms. The van der Waals surface area contributed by atoms with E-state index in [9.17, 15) is 0 Å². The number of benzene rings is 1. The van der Waals surface area contributed by atoms with Gasteiger partial charge >= 0.3 is 0 Å². The summed E-state index contributed by atoms with van der Waals surface area (Å²) in [5.74, 6) is 1.81. The molecule has 5 nitrogen and oxygen atoms in total. The Morgan fingerprint density at radius 2 is 2.27 bits per heavy atom. The summed E-state index contributed by atoms with van der Waals surface area (Å²) >= 11 is 0. The SMILES string of the molecule is COc1cccc(-c2cnc(C3COCCN3C(C)C)[nH]2)c1. The molecule has 2 aromatic rings. The number of imidazole rings is 1. The molecular weight excluding hydrogens is 278 g/mol. The molecule has 1 atom stereocenters. The first-order chi connectivity index (χ1) is 10.7. The van der Waals surface area contributed by atoms with Gasteiger partial charge in [0, 0.05) is 18.2 Å². The maximum Gasteiger partial charge on any atom is 0.126 e. The first-order valence-electron chi connectivity index (χ1n) is 7.72. The lowest BCUT2D eigenvalue weighted by Crippen LogP contribution is -2.43. The van der Waals surface area contributed by atoms with E-state index in [4.69, 9.17) is 9.47 Å². The Kier molecular flexibility index (Phi) is 4.45. The molecule has 2 heterocycles. The Morgan fingerprint density at radius 1 is 1.41 bits per heavy atom. The second-order valence-electron chi connectivity index (χ2n) is 5.84. The molecule has 0 aliphatic carbocycles. The minimum absolute atomic E-state index is 0.188. The van der Waals surface area contributed by atoms with Gasteiger partial charge in [-0.3, -0.25) is 4.90 Å². The topological polar surface area (TPSA) is 50.4 Å². The van der Waals surface area contributed by atoms with Crippen LogP contribution in [0, 0.1) is 0 Å². The van der Waals surface area contributed by atoms with E-state index in [1.165, 1.54) is 0 Å². The van der Waals surface area contributed by atoms with Crippen molar-refractivity contribution in [3.8, 4) is 17.0 Å². The van der Waals surface area contributed by atoms with Crippen molar-refractivity contribution in [1.29, 1.82) is 0 Å². The fraction of sp³-hybridized carbons (Fsp3) is 0.471. The molecule has 0 bridgehead atoms. The van der Waals surface area contributed by atoms with Gasteiger partial charge in [-0.25, -0.2) is 4.98 Å². The van der Waals surface area contributed by atoms with Crippen molar-refractivity contribution in [2.75, 3.05) is 26.9 Å². The third-order valence-electron chi connectivity index (χ3n) is 4.13. The summed E-state index contributed by atoms with van der Waals surface area (Å²) in [7, 11) is 1.68. The molecule has 0 radical (unpaired) electrons. The molecule has 5 heteroatoms. The van der Waals surface area contributed by atoms with Gasteiger partial charge in [0.2, 0.25) is 0 Å². The van der Waals surface area contributed by atoms with Crippen molar-refractivity contribution in [1.82, 2.24) is 14.9 Å². The molecule has 0 spiro atoms. The van der Waals surface area contributed by atoms with Gasteiger partial charge in [-0.1, -0.05) is 12.1 Å². The molecule has 1 fully saturated rings. The summed E-state index contributed by atoms with van der Waals surface area (Å²) in [6, 6.07) is 8.65. The van der Waals surface area contributed by atoms with E-state index in [-0.39, 0.29) is 6.04 Å². The molecule has 1 unspecified atom stereocenters. The quantitative estimate of drug-likeness (QED) is 0.943. The number of hydrogen-bond donors (Lipinski definition) is 1. The van der Waals surface area contributed by atoms with E-state index in [1.54, 1.807) is 7.11 Å². The fourth-order valence-electron chi connectivity index (χ4n) is 2.91. The number of rotatable bonds is 4. The second-order valence-corrected chi connectivity index (χ2v) is 5.84. The number of aromatic nitrogens is 2. The molecule has 1 aromatic carbocycles. The van der Waals surface area contributed by atoms with Crippen LogP contribution in [-0.4, -0.2) is 47.8 Å². The lowest BCUT2D eigenvalue weighted by Gasteiger charge is -2.37. The van der Waals surface area contributed by atoms with Crippen LogP contribution in [0.3, 0.4) is 0 Å². The van der Waals surface area contributed by atoms with Crippen molar-refractivity contribution >= 4 is 0 Å². The molecule has 1 saturated heterocycles. The first-order valence-corrected chi connectivity index (χ1v) is 7.72. The molecule has 0 amide bonds. The minimum atomic E-state index is 0.188. The number of nitrogens with one attached hydrogen (secondary N) is 1. The predicted octanol–water partition coefficient (Wildman–Crippen LogP) is 2.87. The van der Waals surface area contributed by atoms with Crippen LogP contribution in [0.4, 0.5) is 0 Å². The third kappa shape index (κ3) is 3.00. The summed E-state index contributed by atoms with van der Waals surface area (Å²) in [5, 5.41) is 0. The van der Waals surface area contributed by atoms with Crippen molar-refractivity contribution < 1.29 is 9.47 Å². The summed E-state index contributed by atoms with van der Waals surface area (Å²) < 4.78 is 10.9. The Hall–Kier alpha value is -1.85. The molecule has 1 N–H and O–H groups in total. The largest absolute Gasteiger partial charge is 0.497 e. The zero-order chi connectivity index (χ0) is 15.5. The average molecular weight is 301 g/mol. The molecule has 0 saturated carbocycles. The van der Waals surface area contributed by atoms with Gasteiger partial charge in [-0.05, 0) is 26.0 Å². The molecule has 1 aliphatic heterocycles. The normalized spacial score (nSPS) is 19.5. The maximum atomic E-state index is 5.65. The standard InChI is InChI=1S/C17H23N3O2/c1-12(2)20-7-8-22-11-16(20)17-18-10-15(19-17)13-5-4-6-14(9-13)21-3/h4-6,9-10,12,16H,7-8,11H2,1-3H3,(H,18,19). The van der Waals surface area contributed by atoms with Gasteiger partial charge in [0.25, 0.3) is 0 Å². The number of nitrogens with zero attached hydrogens (tertiary/aromatic N) is 2. The summed E-state index contributed by atoms with van der Waals surface area (Å²) in [5.41, 5.74) is 2.08. The van der Waals surface area contributed by atoms with E-state index < -0.39 is 0 Å². The Balaban J connectivity index is 1.86. The Morgan fingerprint density at radius 3 is 3.05 bits per heavy atom. The summed E-state index contributed by atoms with van der Waals surface area (Å²) in [4.78, 5) is 10.5. The Bertz CT molecular complexity index is 624. The fourth-order valence-corrected chi connectivity index (χ4v) is 2.91. The van der Waals surface area contributed by atoms with Crippen LogP contribution >= 0.6 is 0 Å². The monoisotopic (exact) mass is 301 g/mol. The number of methoxy groups -OCH3 is 1. The van der Waals surface area contributed by atoms with Crippen LogP contribution in [0.5, 0.6) is 5.75 Å². The highest BCUT2D eigenvalue weighted by atomic mass is 16.5. The molecule has 1 aliphatic rings. The van der Waals surface area contributed by atoms with E-state index >= 15 is 0 Å². The van der Waals surface area contributed by atoms with Gasteiger partial charge in [-0.2, -0.15) is 0 Å². The molecule has 3 rings (SSSR count). The lowest BCUT2D eigenvalue weighted by atomic mass is 10.1. The molecular formula is C17H23N3O2. The van der Waals surface area contributed by atoms with Crippen LogP contribution in [0.2, 0.25) is 0 Å². The lowest BCUT2D eigenvalue weighted by molar-refractivity contribution is -0.0262. The highest BCUT2D eigenvalue weighted by Gasteiger charge is 2.28.